The van der Waals surface area contributed by atoms with E-state index >= 15 is 0 Å². The molecule has 1 aromatic heterocycles. The minimum Gasteiger partial charge on any atom is -0.411 e. The van der Waals surface area contributed by atoms with Gasteiger partial charge in [-0.2, -0.15) is 0 Å². The fourth-order valence-corrected chi connectivity index (χ4v) is 3.79. The molecule has 0 unspecified atom stereocenters. The average molecular weight is 333 g/mol. The molecule has 3 aromatic rings. The van der Waals surface area contributed by atoms with Crippen LogP contribution in [0.2, 0.25) is 0 Å². The Morgan fingerprint density at radius 2 is 1.88 bits per heavy atom. The third-order valence-electron chi connectivity index (χ3n) is 5.01. The summed E-state index contributed by atoms with van der Waals surface area (Å²) in [4.78, 5) is 17.8. The van der Waals surface area contributed by atoms with E-state index in [1.54, 1.807) is 11.9 Å². The van der Waals surface area contributed by atoms with Gasteiger partial charge in [-0.1, -0.05) is 53.7 Å². The molecule has 0 spiro atoms. The number of para-hydroxylation sites is 1. The Morgan fingerprint density at radius 3 is 2.64 bits per heavy atom. The quantitative estimate of drug-likeness (QED) is 0.439. The second-order valence-corrected chi connectivity index (χ2v) is 6.44. The molecule has 1 aliphatic rings. The van der Waals surface area contributed by atoms with E-state index in [1.165, 1.54) is 0 Å². The molecule has 0 saturated carbocycles. The Labute approximate surface area is 145 Å². The van der Waals surface area contributed by atoms with Gasteiger partial charge in [0.05, 0.1) is 11.6 Å². The predicted octanol–water partition coefficient (Wildman–Crippen LogP) is 3.22. The molecule has 1 aliphatic heterocycles. The van der Waals surface area contributed by atoms with Crippen LogP contribution in [0.4, 0.5) is 0 Å². The van der Waals surface area contributed by atoms with Crippen LogP contribution in [0.5, 0.6) is 0 Å². The topological polar surface area (TPSA) is 68.7 Å². The van der Waals surface area contributed by atoms with Crippen LogP contribution in [0.15, 0.2) is 65.9 Å². The summed E-state index contributed by atoms with van der Waals surface area (Å²) in [6.07, 6.45) is 1.97. The number of aromatic amines is 1. The van der Waals surface area contributed by atoms with Crippen LogP contribution in [0.3, 0.4) is 0 Å². The number of carbonyl (C=O) groups is 1. The van der Waals surface area contributed by atoms with Crippen LogP contribution in [0, 0.1) is 5.92 Å². The monoisotopic (exact) mass is 333 g/mol. The van der Waals surface area contributed by atoms with Crippen LogP contribution in [-0.2, 0) is 4.79 Å². The number of amides is 1. The van der Waals surface area contributed by atoms with Gasteiger partial charge in [-0.3, -0.25) is 4.79 Å². The van der Waals surface area contributed by atoms with Crippen molar-refractivity contribution < 1.29 is 10.0 Å². The first kappa shape index (κ1) is 15.4. The summed E-state index contributed by atoms with van der Waals surface area (Å²) in [5, 5.41) is 14.3. The minimum atomic E-state index is -0.503. The van der Waals surface area contributed by atoms with Crippen molar-refractivity contribution in [3.05, 3.63) is 71.9 Å². The van der Waals surface area contributed by atoms with Crippen LogP contribution in [-0.4, -0.2) is 40.3 Å². The summed E-state index contributed by atoms with van der Waals surface area (Å²) in [5.74, 6) is -0.594. The molecule has 5 heteroatoms. The van der Waals surface area contributed by atoms with Crippen molar-refractivity contribution in [2.45, 2.75) is 5.92 Å². The normalized spacial score (nSPS) is 21.2. The molecular formula is C20H19N3O2. The van der Waals surface area contributed by atoms with E-state index < -0.39 is 5.92 Å². The number of likely N-dealkylation sites (N-methyl/N-ethyl adjacent to an activating group) is 1. The summed E-state index contributed by atoms with van der Waals surface area (Å²) in [5.41, 5.74) is 3.31. The Bertz CT molecular complexity index is 946. The Hall–Kier alpha value is -3.08. The summed E-state index contributed by atoms with van der Waals surface area (Å²) >= 11 is 0. The molecule has 0 bridgehead atoms. The lowest BCUT2D eigenvalue weighted by atomic mass is 9.83. The molecule has 1 fully saturated rings. The van der Waals surface area contributed by atoms with E-state index in [1.807, 2.05) is 54.7 Å². The van der Waals surface area contributed by atoms with Crippen LogP contribution in [0.1, 0.15) is 17.0 Å². The van der Waals surface area contributed by atoms with E-state index in [0.717, 1.165) is 22.0 Å². The number of benzene rings is 2. The summed E-state index contributed by atoms with van der Waals surface area (Å²) in [7, 11) is 1.80. The van der Waals surface area contributed by atoms with Crippen molar-refractivity contribution in [3.63, 3.8) is 0 Å². The van der Waals surface area contributed by atoms with Crippen LogP contribution < -0.4 is 0 Å². The van der Waals surface area contributed by atoms with Crippen LogP contribution in [0.25, 0.3) is 10.9 Å². The first-order chi connectivity index (χ1) is 12.2. The first-order valence-corrected chi connectivity index (χ1v) is 8.29. The Morgan fingerprint density at radius 1 is 1.16 bits per heavy atom. The van der Waals surface area contributed by atoms with Crippen molar-refractivity contribution in [2.24, 2.45) is 11.1 Å². The van der Waals surface area contributed by atoms with Gasteiger partial charge in [0.15, 0.2) is 0 Å². The smallest absolute Gasteiger partial charge is 0.232 e. The number of aromatic nitrogens is 1. The molecule has 5 nitrogen and oxygen atoms in total. The highest BCUT2D eigenvalue weighted by Gasteiger charge is 2.44. The third kappa shape index (κ3) is 2.48. The lowest BCUT2D eigenvalue weighted by Gasteiger charge is -2.18. The number of likely N-dealkylation sites (tertiary alicyclic amines) is 1. The van der Waals surface area contributed by atoms with Crippen molar-refractivity contribution in [2.75, 3.05) is 13.6 Å². The number of nitrogens with zero attached hydrogens (tertiary/aromatic N) is 2. The zero-order valence-electron chi connectivity index (χ0n) is 13.9. The maximum Gasteiger partial charge on any atom is 0.232 e. The summed E-state index contributed by atoms with van der Waals surface area (Å²) in [6.45, 7) is 0.594. The highest BCUT2D eigenvalue weighted by molar-refractivity contribution is 6.14. The van der Waals surface area contributed by atoms with E-state index in [2.05, 4.69) is 16.2 Å². The lowest BCUT2D eigenvalue weighted by molar-refractivity contribution is -0.128. The Balaban J connectivity index is 1.83. The van der Waals surface area contributed by atoms with Crippen molar-refractivity contribution >= 4 is 22.5 Å². The van der Waals surface area contributed by atoms with Gasteiger partial charge in [-0.25, -0.2) is 0 Å². The maximum atomic E-state index is 12.8. The van der Waals surface area contributed by atoms with Gasteiger partial charge >= 0.3 is 0 Å². The molecule has 1 amide bonds. The van der Waals surface area contributed by atoms with Crippen molar-refractivity contribution in [1.29, 1.82) is 0 Å². The molecule has 4 rings (SSSR count). The summed E-state index contributed by atoms with van der Waals surface area (Å²) in [6, 6.07) is 17.4. The van der Waals surface area contributed by atoms with Crippen molar-refractivity contribution in [3.8, 4) is 0 Å². The predicted molar refractivity (Wildman–Crippen MR) is 96.9 cm³/mol. The number of hydrogen-bond acceptors (Lipinski definition) is 3. The zero-order chi connectivity index (χ0) is 17.4. The Kier molecular flexibility index (Phi) is 3.76. The van der Waals surface area contributed by atoms with Gasteiger partial charge in [-0.15, -0.1) is 0 Å². The second-order valence-electron chi connectivity index (χ2n) is 6.44. The molecular weight excluding hydrogens is 314 g/mol. The van der Waals surface area contributed by atoms with Gasteiger partial charge < -0.3 is 15.1 Å². The molecule has 126 valence electrons. The molecule has 1 saturated heterocycles. The number of oxime groups is 1. The SMILES string of the molecule is CN1C[C@@H](c2c[nH]c3ccccc23)[C@H](/C(=N/O)c2ccccc2)C1=O. The van der Waals surface area contributed by atoms with E-state index in [0.29, 0.717) is 12.3 Å². The summed E-state index contributed by atoms with van der Waals surface area (Å²) < 4.78 is 0. The molecule has 2 heterocycles. The second kappa shape index (κ2) is 6.09. The number of hydrogen-bond donors (Lipinski definition) is 2. The molecule has 0 aliphatic carbocycles. The van der Waals surface area contributed by atoms with E-state index in [-0.39, 0.29) is 11.8 Å². The molecule has 2 atom stereocenters. The van der Waals surface area contributed by atoms with Gasteiger partial charge in [-0.05, 0) is 11.6 Å². The standard InChI is InChI=1S/C20H19N3O2/c1-23-12-16(15-11-21-17-10-6-5-9-14(15)17)18(20(23)24)19(22-25)13-7-3-2-4-8-13/h2-11,16,18,21,25H,12H2,1H3/b22-19+/t16-,18+/m0/s1. The lowest BCUT2D eigenvalue weighted by Crippen LogP contribution is -2.29. The largest absolute Gasteiger partial charge is 0.411 e. The zero-order valence-corrected chi connectivity index (χ0v) is 13.9. The van der Waals surface area contributed by atoms with E-state index in [4.69, 9.17) is 0 Å². The number of carbonyl (C=O) groups excluding carboxylic acids is 1. The number of nitrogens with one attached hydrogen (secondary N) is 1. The average Bonchev–Trinajstić information content (AvgIpc) is 3.19. The highest BCUT2D eigenvalue weighted by atomic mass is 16.4. The fraction of sp³-hybridized carbons (Fsp3) is 0.200. The molecule has 2 N–H and O–H groups in total. The van der Waals surface area contributed by atoms with Gasteiger partial charge in [0.2, 0.25) is 5.91 Å². The van der Waals surface area contributed by atoms with Gasteiger partial charge in [0, 0.05) is 42.2 Å². The van der Waals surface area contributed by atoms with Gasteiger partial charge in [0.1, 0.15) is 0 Å². The molecule has 2 aromatic carbocycles. The highest BCUT2D eigenvalue weighted by Crippen LogP contribution is 2.38. The number of rotatable bonds is 3. The van der Waals surface area contributed by atoms with Crippen molar-refractivity contribution in [1.82, 2.24) is 9.88 Å². The van der Waals surface area contributed by atoms with Crippen LogP contribution >= 0.6 is 0 Å². The third-order valence-corrected chi connectivity index (χ3v) is 5.01. The fourth-order valence-electron chi connectivity index (χ4n) is 3.79. The van der Waals surface area contributed by atoms with Gasteiger partial charge in [0.25, 0.3) is 0 Å². The first-order valence-electron chi connectivity index (χ1n) is 8.29. The molecule has 25 heavy (non-hydrogen) atoms. The number of fused-ring (bicyclic) bond motifs is 1. The maximum absolute atomic E-state index is 12.8. The minimum absolute atomic E-state index is 0.0214. The van der Waals surface area contributed by atoms with E-state index in [9.17, 15) is 10.0 Å². The molecule has 0 radical (unpaired) electrons. The number of H-pyrrole nitrogens is 1.